The number of aliphatic carboxylic acids is 1. The Labute approximate surface area is 130 Å². The molecule has 23 heavy (non-hydrogen) atoms. The highest BCUT2D eigenvalue weighted by atomic mass is 19.4. The average Bonchev–Trinajstić information content (AvgIpc) is 2.91. The number of phenols is 1. The number of carboxylic acid groups (broad SMARTS) is 1. The zero-order valence-corrected chi connectivity index (χ0v) is 12.1. The van der Waals surface area contributed by atoms with Gasteiger partial charge in [0.25, 0.3) is 0 Å². The van der Waals surface area contributed by atoms with E-state index >= 15 is 0 Å². The van der Waals surface area contributed by atoms with Gasteiger partial charge in [-0.1, -0.05) is 18.2 Å². The van der Waals surface area contributed by atoms with Crippen molar-refractivity contribution in [3.63, 3.8) is 0 Å². The van der Waals surface area contributed by atoms with Gasteiger partial charge in [0.2, 0.25) is 5.91 Å². The van der Waals surface area contributed by atoms with Crippen LogP contribution in [0.4, 0.5) is 13.2 Å². The van der Waals surface area contributed by atoms with E-state index in [0.717, 1.165) is 4.90 Å². The molecule has 2 atom stereocenters. The number of para-hydroxylation sites is 1. The van der Waals surface area contributed by atoms with Gasteiger partial charge in [-0.15, -0.1) is 0 Å². The standard InChI is InChI=1S/C15H16F3NO4/c16-15(17,18)11-8-19(7-10(11)14(22)23)13(21)6-5-9-3-1-2-4-12(9)20/h1-4,10-11,20H,5-8H2,(H,22,23)/t10-,11-/m1/s1. The van der Waals surface area contributed by atoms with Crippen LogP contribution in [0.1, 0.15) is 12.0 Å². The number of likely N-dealkylation sites (tertiary alicyclic amines) is 1. The number of benzene rings is 1. The Morgan fingerprint density at radius 3 is 2.39 bits per heavy atom. The van der Waals surface area contributed by atoms with Crippen LogP contribution in [-0.2, 0) is 16.0 Å². The molecule has 1 aliphatic heterocycles. The van der Waals surface area contributed by atoms with Gasteiger partial charge in [0, 0.05) is 19.5 Å². The monoisotopic (exact) mass is 331 g/mol. The molecule has 1 amide bonds. The zero-order chi connectivity index (χ0) is 17.2. The summed E-state index contributed by atoms with van der Waals surface area (Å²) in [5, 5.41) is 18.5. The number of halogens is 3. The van der Waals surface area contributed by atoms with Crippen LogP contribution in [0.5, 0.6) is 5.75 Å². The van der Waals surface area contributed by atoms with Crippen molar-refractivity contribution in [2.45, 2.75) is 19.0 Å². The van der Waals surface area contributed by atoms with Gasteiger partial charge in [-0.25, -0.2) is 0 Å². The van der Waals surface area contributed by atoms with Crippen LogP contribution >= 0.6 is 0 Å². The summed E-state index contributed by atoms with van der Waals surface area (Å²) < 4.78 is 38.6. The first-order valence-electron chi connectivity index (χ1n) is 7.04. The highest BCUT2D eigenvalue weighted by Crippen LogP contribution is 2.38. The molecule has 0 saturated carbocycles. The lowest BCUT2D eigenvalue weighted by Gasteiger charge is -2.18. The molecular weight excluding hydrogens is 315 g/mol. The molecule has 1 aromatic carbocycles. The van der Waals surface area contributed by atoms with Gasteiger partial charge in [0.1, 0.15) is 5.75 Å². The van der Waals surface area contributed by atoms with E-state index in [0.29, 0.717) is 5.56 Å². The Hall–Kier alpha value is -2.25. The van der Waals surface area contributed by atoms with Crippen molar-refractivity contribution >= 4 is 11.9 Å². The zero-order valence-electron chi connectivity index (χ0n) is 12.1. The van der Waals surface area contributed by atoms with Crippen molar-refractivity contribution in [3.8, 4) is 5.75 Å². The molecule has 0 aliphatic carbocycles. The summed E-state index contributed by atoms with van der Waals surface area (Å²) in [6.07, 6.45) is -4.57. The van der Waals surface area contributed by atoms with Crippen LogP contribution in [-0.4, -0.2) is 46.3 Å². The van der Waals surface area contributed by atoms with Crippen LogP contribution in [0.25, 0.3) is 0 Å². The number of carbonyl (C=O) groups is 2. The Morgan fingerprint density at radius 2 is 1.87 bits per heavy atom. The summed E-state index contributed by atoms with van der Waals surface area (Å²) in [6, 6.07) is 6.36. The van der Waals surface area contributed by atoms with Gasteiger partial charge in [0.05, 0.1) is 11.8 Å². The average molecular weight is 331 g/mol. The number of phenolic OH excluding ortho intramolecular Hbond substituents is 1. The van der Waals surface area contributed by atoms with Crippen LogP contribution < -0.4 is 0 Å². The van der Waals surface area contributed by atoms with E-state index in [1.807, 2.05) is 0 Å². The number of aromatic hydroxyl groups is 1. The van der Waals surface area contributed by atoms with Gasteiger partial charge in [0.15, 0.2) is 0 Å². The van der Waals surface area contributed by atoms with Crippen LogP contribution in [0.2, 0.25) is 0 Å². The lowest BCUT2D eigenvalue weighted by atomic mass is 9.96. The van der Waals surface area contributed by atoms with Crippen LogP contribution in [0.3, 0.4) is 0 Å². The number of hydrogen-bond donors (Lipinski definition) is 2. The molecule has 1 aromatic rings. The predicted octanol–water partition coefficient (Wildman–Crippen LogP) is 2.05. The molecule has 1 heterocycles. The number of rotatable bonds is 4. The number of alkyl halides is 3. The minimum atomic E-state index is -4.66. The third kappa shape index (κ3) is 3.94. The lowest BCUT2D eigenvalue weighted by Crippen LogP contribution is -2.34. The molecule has 1 fully saturated rings. The van der Waals surface area contributed by atoms with E-state index in [-0.39, 0.29) is 18.6 Å². The Balaban J connectivity index is 2.01. The molecule has 0 unspecified atom stereocenters. The summed E-state index contributed by atoms with van der Waals surface area (Å²) >= 11 is 0. The first kappa shape index (κ1) is 17.1. The highest BCUT2D eigenvalue weighted by Gasteiger charge is 2.53. The van der Waals surface area contributed by atoms with Crippen molar-refractivity contribution in [2.24, 2.45) is 11.8 Å². The number of hydrogen-bond acceptors (Lipinski definition) is 3. The van der Waals surface area contributed by atoms with Gasteiger partial charge in [-0.05, 0) is 18.1 Å². The molecule has 0 aromatic heterocycles. The fourth-order valence-electron chi connectivity index (χ4n) is 2.71. The summed E-state index contributed by atoms with van der Waals surface area (Å²) in [7, 11) is 0. The third-order valence-corrected chi connectivity index (χ3v) is 4.01. The second kappa shape index (κ2) is 6.47. The number of nitrogens with zero attached hydrogens (tertiary/aromatic N) is 1. The molecule has 0 radical (unpaired) electrons. The van der Waals surface area contributed by atoms with Gasteiger partial charge in [-0.2, -0.15) is 13.2 Å². The first-order chi connectivity index (χ1) is 10.7. The van der Waals surface area contributed by atoms with Gasteiger partial charge in [-0.3, -0.25) is 9.59 Å². The SMILES string of the molecule is O=C(O)[C@@H]1CN(C(=O)CCc2ccccc2O)C[C@H]1C(F)(F)F. The van der Waals surface area contributed by atoms with E-state index < -0.39 is 43.0 Å². The number of carbonyl (C=O) groups excluding carboxylic acids is 1. The quantitative estimate of drug-likeness (QED) is 0.885. The molecule has 0 spiro atoms. The Kier molecular flexibility index (Phi) is 4.82. The molecule has 5 nitrogen and oxygen atoms in total. The van der Waals surface area contributed by atoms with Crippen molar-refractivity contribution < 1.29 is 33.0 Å². The molecular formula is C15H16F3NO4. The van der Waals surface area contributed by atoms with Crippen molar-refractivity contribution in [2.75, 3.05) is 13.1 Å². The van der Waals surface area contributed by atoms with E-state index in [1.54, 1.807) is 18.2 Å². The van der Waals surface area contributed by atoms with Crippen LogP contribution in [0, 0.1) is 11.8 Å². The minimum absolute atomic E-state index is 0.0123. The van der Waals surface area contributed by atoms with Crippen molar-refractivity contribution in [1.29, 1.82) is 0 Å². The molecule has 8 heteroatoms. The fraction of sp³-hybridized carbons (Fsp3) is 0.467. The maximum Gasteiger partial charge on any atom is 0.394 e. The Morgan fingerprint density at radius 1 is 1.22 bits per heavy atom. The molecule has 0 bridgehead atoms. The van der Waals surface area contributed by atoms with E-state index in [2.05, 4.69) is 0 Å². The number of aryl methyl sites for hydroxylation is 1. The fourth-order valence-corrected chi connectivity index (χ4v) is 2.71. The number of amides is 1. The van der Waals surface area contributed by atoms with E-state index in [9.17, 15) is 27.9 Å². The van der Waals surface area contributed by atoms with E-state index in [4.69, 9.17) is 5.11 Å². The van der Waals surface area contributed by atoms with Gasteiger partial charge >= 0.3 is 12.1 Å². The van der Waals surface area contributed by atoms with Crippen molar-refractivity contribution in [3.05, 3.63) is 29.8 Å². The molecule has 1 aliphatic rings. The second-order valence-electron chi connectivity index (χ2n) is 5.52. The summed E-state index contributed by atoms with van der Waals surface area (Å²) in [5.41, 5.74) is 0.516. The topological polar surface area (TPSA) is 77.8 Å². The van der Waals surface area contributed by atoms with Crippen LogP contribution in [0.15, 0.2) is 24.3 Å². The number of carboxylic acids is 1. The second-order valence-corrected chi connectivity index (χ2v) is 5.52. The summed E-state index contributed by atoms with van der Waals surface area (Å²) in [4.78, 5) is 24.0. The first-order valence-corrected chi connectivity index (χ1v) is 7.04. The molecule has 1 saturated heterocycles. The van der Waals surface area contributed by atoms with Crippen molar-refractivity contribution in [1.82, 2.24) is 4.90 Å². The third-order valence-electron chi connectivity index (χ3n) is 4.01. The highest BCUT2D eigenvalue weighted by molar-refractivity contribution is 5.79. The largest absolute Gasteiger partial charge is 0.508 e. The summed E-state index contributed by atoms with van der Waals surface area (Å²) in [5.74, 6) is -5.77. The van der Waals surface area contributed by atoms with E-state index in [1.165, 1.54) is 6.07 Å². The minimum Gasteiger partial charge on any atom is -0.508 e. The lowest BCUT2D eigenvalue weighted by molar-refractivity contribution is -0.188. The molecule has 126 valence electrons. The molecule has 2 N–H and O–H groups in total. The Bertz CT molecular complexity index is 603. The summed E-state index contributed by atoms with van der Waals surface area (Å²) in [6.45, 7) is -1.08. The normalized spacial score (nSPS) is 21.4. The predicted molar refractivity (Wildman–Crippen MR) is 73.7 cm³/mol. The maximum atomic E-state index is 12.9. The maximum absolute atomic E-state index is 12.9. The molecule has 2 rings (SSSR count). The smallest absolute Gasteiger partial charge is 0.394 e. The van der Waals surface area contributed by atoms with Gasteiger partial charge < -0.3 is 15.1 Å².